The lowest BCUT2D eigenvalue weighted by Crippen LogP contribution is -2.46. The first-order chi connectivity index (χ1) is 8.18. The standard InChI is InChI=1S/C14H21NO2/c1-3-14(2,10-16)15-8-11-9-17-13-7-5-4-6-12(11)13/h4-7,11,15-16H,3,8-10H2,1-2H3. The quantitative estimate of drug-likeness (QED) is 0.819. The lowest BCUT2D eigenvalue weighted by molar-refractivity contribution is 0.166. The van der Waals surface area contributed by atoms with Crippen molar-refractivity contribution in [2.75, 3.05) is 19.8 Å². The Balaban J connectivity index is 1.98. The first-order valence-electron chi connectivity index (χ1n) is 6.26. The number of hydrogen-bond acceptors (Lipinski definition) is 3. The molecule has 1 aromatic carbocycles. The summed E-state index contributed by atoms with van der Waals surface area (Å²) in [4.78, 5) is 0. The van der Waals surface area contributed by atoms with E-state index in [2.05, 4.69) is 25.2 Å². The number of rotatable bonds is 5. The largest absolute Gasteiger partial charge is 0.493 e. The minimum atomic E-state index is -0.183. The molecule has 0 saturated carbocycles. The molecular formula is C14H21NO2. The molecule has 0 saturated heterocycles. The third kappa shape index (κ3) is 2.61. The highest BCUT2D eigenvalue weighted by atomic mass is 16.5. The maximum atomic E-state index is 9.36. The van der Waals surface area contributed by atoms with Crippen LogP contribution < -0.4 is 10.1 Å². The van der Waals surface area contributed by atoms with E-state index in [0.29, 0.717) is 5.92 Å². The molecular weight excluding hydrogens is 214 g/mol. The zero-order valence-corrected chi connectivity index (χ0v) is 10.6. The zero-order valence-electron chi connectivity index (χ0n) is 10.6. The fraction of sp³-hybridized carbons (Fsp3) is 0.571. The number of benzene rings is 1. The van der Waals surface area contributed by atoms with Gasteiger partial charge < -0.3 is 15.2 Å². The smallest absolute Gasteiger partial charge is 0.122 e. The normalized spacial score (nSPS) is 21.7. The van der Waals surface area contributed by atoms with Gasteiger partial charge in [0.05, 0.1) is 13.2 Å². The van der Waals surface area contributed by atoms with Crippen LogP contribution in [0.4, 0.5) is 0 Å². The highest BCUT2D eigenvalue weighted by molar-refractivity contribution is 5.39. The molecule has 3 nitrogen and oxygen atoms in total. The lowest BCUT2D eigenvalue weighted by atomic mass is 9.96. The Kier molecular flexibility index (Phi) is 3.69. The number of aliphatic hydroxyl groups is 1. The van der Waals surface area contributed by atoms with Crippen molar-refractivity contribution in [3.63, 3.8) is 0 Å². The van der Waals surface area contributed by atoms with Crippen LogP contribution in [0.25, 0.3) is 0 Å². The molecule has 0 spiro atoms. The Morgan fingerprint density at radius 2 is 2.24 bits per heavy atom. The maximum absolute atomic E-state index is 9.36. The van der Waals surface area contributed by atoms with Crippen molar-refractivity contribution in [1.29, 1.82) is 0 Å². The number of fused-ring (bicyclic) bond motifs is 1. The van der Waals surface area contributed by atoms with Gasteiger partial charge in [-0.05, 0) is 19.4 Å². The van der Waals surface area contributed by atoms with Gasteiger partial charge in [0.15, 0.2) is 0 Å². The molecule has 17 heavy (non-hydrogen) atoms. The van der Waals surface area contributed by atoms with Crippen LogP contribution in [0.2, 0.25) is 0 Å². The fourth-order valence-corrected chi connectivity index (χ4v) is 2.06. The summed E-state index contributed by atoms with van der Waals surface area (Å²) < 4.78 is 5.64. The van der Waals surface area contributed by atoms with Crippen LogP contribution >= 0.6 is 0 Å². The van der Waals surface area contributed by atoms with Gasteiger partial charge in [0.1, 0.15) is 5.75 Å². The van der Waals surface area contributed by atoms with Crippen LogP contribution in [0, 0.1) is 0 Å². The predicted octanol–water partition coefficient (Wildman–Crippen LogP) is 1.91. The first-order valence-corrected chi connectivity index (χ1v) is 6.26. The van der Waals surface area contributed by atoms with E-state index in [-0.39, 0.29) is 12.1 Å². The second-order valence-electron chi connectivity index (χ2n) is 5.00. The molecule has 2 N–H and O–H groups in total. The van der Waals surface area contributed by atoms with Crippen LogP contribution in [0.15, 0.2) is 24.3 Å². The zero-order chi connectivity index (χ0) is 12.3. The van der Waals surface area contributed by atoms with Crippen LogP contribution in [-0.4, -0.2) is 30.4 Å². The molecule has 1 aliphatic heterocycles. The summed E-state index contributed by atoms with van der Waals surface area (Å²) in [6, 6.07) is 8.18. The molecule has 2 unspecified atom stereocenters. The van der Waals surface area contributed by atoms with Crippen molar-refractivity contribution >= 4 is 0 Å². The van der Waals surface area contributed by atoms with E-state index in [1.54, 1.807) is 0 Å². The summed E-state index contributed by atoms with van der Waals surface area (Å²) >= 11 is 0. The summed E-state index contributed by atoms with van der Waals surface area (Å²) in [6.07, 6.45) is 0.915. The van der Waals surface area contributed by atoms with Crippen LogP contribution in [0.1, 0.15) is 31.7 Å². The van der Waals surface area contributed by atoms with Crippen molar-refractivity contribution in [3.8, 4) is 5.75 Å². The Bertz CT molecular complexity index is 374. The van der Waals surface area contributed by atoms with E-state index in [9.17, 15) is 5.11 Å². The maximum Gasteiger partial charge on any atom is 0.122 e. The molecule has 0 aliphatic carbocycles. The average Bonchev–Trinajstić information content (AvgIpc) is 2.79. The topological polar surface area (TPSA) is 41.5 Å². The summed E-state index contributed by atoms with van der Waals surface area (Å²) in [6.45, 7) is 5.88. The summed E-state index contributed by atoms with van der Waals surface area (Å²) in [5, 5.41) is 12.8. The highest BCUT2D eigenvalue weighted by Crippen LogP contribution is 2.33. The molecule has 0 amide bonds. The van der Waals surface area contributed by atoms with Gasteiger partial charge in [0, 0.05) is 23.6 Å². The summed E-state index contributed by atoms with van der Waals surface area (Å²) in [5.74, 6) is 1.39. The van der Waals surface area contributed by atoms with Crippen molar-refractivity contribution in [2.45, 2.75) is 31.7 Å². The van der Waals surface area contributed by atoms with E-state index >= 15 is 0 Å². The second-order valence-corrected chi connectivity index (χ2v) is 5.00. The molecule has 2 rings (SSSR count). The predicted molar refractivity (Wildman–Crippen MR) is 68.5 cm³/mol. The van der Waals surface area contributed by atoms with Gasteiger partial charge in [-0.1, -0.05) is 25.1 Å². The van der Waals surface area contributed by atoms with E-state index in [1.165, 1.54) is 5.56 Å². The van der Waals surface area contributed by atoms with Gasteiger partial charge in [-0.2, -0.15) is 0 Å². The second kappa shape index (κ2) is 5.07. The summed E-state index contributed by atoms with van der Waals surface area (Å²) in [5.41, 5.74) is 1.09. The van der Waals surface area contributed by atoms with Gasteiger partial charge in [0.25, 0.3) is 0 Å². The Morgan fingerprint density at radius 1 is 1.47 bits per heavy atom. The Morgan fingerprint density at radius 3 is 2.94 bits per heavy atom. The van der Waals surface area contributed by atoms with Gasteiger partial charge in [-0.15, -0.1) is 0 Å². The van der Waals surface area contributed by atoms with E-state index in [4.69, 9.17) is 4.74 Å². The monoisotopic (exact) mass is 235 g/mol. The molecule has 0 radical (unpaired) electrons. The van der Waals surface area contributed by atoms with Crippen molar-refractivity contribution in [3.05, 3.63) is 29.8 Å². The molecule has 94 valence electrons. The Labute approximate surface area is 103 Å². The fourth-order valence-electron chi connectivity index (χ4n) is 2.06. The van der Waals surface area contributed by atoms with E-state index in [0.717, 1.165) is 25.3 Å². The van der Waals surface area contributed by atoms with Crippen molar-refractivity contribution in [2.24, 2.45) is 0 Å². The highest BCUT2D eigenvalue weighted by Gasteiger charge is 2.27. The SMILES string of the molecule is CCC(C)(CO)NCC1COc2ccccc21. The number of ether oxygens (including phenoxy) is 1. The van der Waals surface area contributed by atoms with Gasteiger partial charge in [0.2, 0.25) is 0 Å². The van der Waals surface area contributed by atoms with Gasteiger partial charge >= 0.3 is 0 Å². The molecule has 0 fully saturated rings. The molecule has 0 aromatic heterocycles. The van der Waals surface area contributed by atoms with Gasteiger partial charge in [-0.25, -0.2) is 0 Å². The van der Waals surface area contributed by atoms with Crippen molar-refractivity contribution < 1.29 is 9.84 Å². The minimum absolute atomic E-state index is 0.165. The number of nitrogens with one attached hydrogen (secondary N) is 1. The first kappa shape index (κ1) is 12.4. The molecule has 1 heterocycles. The number of aliphatic hydroxyl groups excluding tert-OH is 1. The average molecular weight is 235 g/mol. The number of hydrogen-bond donors (Lipinski definition) is 2. The third-order valence-corrected chi connectivity index (χ3v) is 3.70. The minimum Gasteiger partial charge on any atom is -0.493 e. The number of para-hydroxylation sites is 1. The molecule has 2 atom stereocenters. The molecule has 1 aliphatic rings. The van der Waals surface area contributed by atoms with Crippen LogP contribution in [0.5, 0.6) is 5.75 Å². The third-order valence-electron chi connectivity index (χ3n) is 3.70. The molecule has 3 heteroatoms. The van der Waals surface area contributed by atoms with E-state index < -0.39 is 0 Å². The van der Waals surface area contributed by atoms with Crippen molar-refractivity contribution in [1.82, 2.24) is 5.32 Å². The molecule has 1 aromatic rings. The van der Waals surface area contributed by atoms with E-state index in [1.807, 2.05) is 18.2 Å². The molecule has 0 bridgehead atoms. The van der Waals surface area contributed by atoms with Crippen LogP contribution in [0.3, 0.4) is 0 Å². The van der Waals surface area contributed by atoms with Crippen LogP contribution in [-0.2, 0) is 0 Å². The lowest BCUT2D eigenvalue weighted by Gasteiger charge is -2.28. The Hall–Kier alpha value is -1.06. The van der Waals surface area contributed by atoms with Gasteiger partial charge in [-0.3, -0.25) is 0 Å². The summed E-state index contributed by atoms with van der Waals surface area (Å²) in [7, 11) is 0.